The molecule has 9 heteroatoms. The molecule has 2 rings (SSSR count). The molecule has 0 saturated heterocycles. The maximum atomic E-state index is 12.0. The van der Waals surface area contributed by atoms with Gasteiger partial charge < -0.3 is 10.1 Å². The summed E-state index contributed by atoms with van der Waals surface area (Å²) in [7, 11) is 1.49. The number of nitro groups is 1. The number of rotatable bonds is 7. The molecule has 0 radical (unpaired) electrons. The number of carbonyl (C=O) groups excluding carboxylic acids is 2. The third-order valence-corrected chi connectivity index (χ3v) is 3.25. The summed E-state index contributed by atoms with van der Waals surface area (Å²) < 4.78 is 5.03. The van der Waals surface area contributed by atoms with Gasteiger partial charge in [0.25, 0.3) is 17.5 Å². The second kappa shape index (κ2) is 8.92. The van der Waals surface area contributed by atoms with Gasteiger partial charge in [-0.25, -0.2) is 5.43 Å². The first kappa shape index (κ1) is 18.6. The first-order chi connectivity index (χ1) is 12.5. The summed E-state index contributed by atoms with van der Waals surface area (Å²) in [6.45, 7) is -0.256. The van der Waals surface area contributed by atoms with E-state index >= 15 is 0 Å². The average molecular weight is 356 g/mol. The number of amides is 2. The van der Waals surface area contributed by atoms with E-state index in [1.807, 2.05) is 0 Å². The number of methoxy groups -OCH3 is 1. The zero-order valence-electron chi connectivity index (χ0n) is 13.8. The maximum Gasteiger partial charge on any atom is 0.269 e. The topological polar surface area (TPSA) is 123 Å². The summed E-state index contributed by atoms with van der Waals surface area (Å²) in [6, 6.07) is 12.2. The lowest BCUT2D eigenvalue weighted by atomic mass is 10.2. The second-order valence-electron chi connectivity index (χ2n) is 5.06. The van der Waals surface area contributed by atoms with E-state index in [4.69, 9.17) is 4.74 Å². The highest BCUT2D eigenvalue weighted by atomic mass is 16.6. The van der Waals surface area contributed by atoms with Crippen LogP contribution >= 0.6 is 0 Å². The van der Waals surface area contributed by atoms with Gasteiger partial charge in [0.15, 0.2) is 0 Å². The van der Waals surface area contributed by atoms with Gasteiger partial charge in [-0.1, -0.05) is 6.07 Å². The Labute approximate surface area is 148 Å². The highest BCUT2D eigenvalue weighted by Gasteiger charge is 2.08. The molecule has 0 fully saturated rings. The summed E-state index contributed by atoms with van der Waals surface area (Å²) in [4.78, 5) is 33.7. The van der Waals surface area contributed by atoms with Crippen LogP contribution in [0.4, 0.5) is 5.69 Å². The van der Waals surface area contributed by atoms with Gasteiger partial charge in [-0.05, 0) is 35.9 Å². The van der Waals surface area contributed by atoms with Crippen molar-refractivity contribution in [3.63, 3.8) is 0 Å². The number of nitro benzene ring substituents is 1. The third kappa shape index (κ3) is 5.41. The van der Waals surface area contributed by atoms with Gasteiger partial charge in [0.1, 0.15) is 5.75 Å². The van der Waals surface area contributed by atoms with Crippen molar-refractivity contribution in [2.75, 3.05) is 13.7 Å². The summed E-state index contributed by atoms with van der Waals surface area (Å²) in [5, 5.41) is 16.7. The molecule has 0 bridgehead atoms. The minimum Gasteiger partial charge on any atom is -0.497 e. The van der Waals surface area contributed by atoms with Crippen molar-refractivity contribution in [2.24, 2.45) is 5.10 Å². The minimum absolute atomic E-state index is 0.0357. The van der Waals surface area contributed by atoms with Crippen LogP contribution in [0, 0.1) is 10.1 Å². The SMILES string of the molecule is COc1cccc(C(=O)NCC(=O)N/N=C\c2ccc([N+](=O)[O-])cc2)c1. The van der Waals surface area contributed by atoms with Gasteiger partial charge in [0.05, 0.1) is 24.8 Å². The molecule has 26 heavy (non-hydrogen) atoms. The van der Waals surface area contributed by atoms with E-state index in [9.17, 15) is 19.7 Å². The fourth-order valence-corrected chi connectivity index (χ4v) is 1.93. The molecule has 0 unspecified atom stereocenters. The molecular weight excluding hydrogens is 340 g/mol. The summed E-state index contributed by atoms with van der Waals surface area (Å²) in [5.41, 5.74) is 3.17. The smallest absolute Gasteiger partial charge is 0.269 e. The van der Waals surface area contributed by atoms with Crippen molar-refractivity contribution in [2.45, 2.75) is 0 Å². The predicted molar refractivity (Wildman–Crippen MR) is 94.2 cm³/mol. The number of hydrogen-bond acceptors (Lipinski definition) is 6. The number of nitrogens with one attached hydrogen (secondary N) is 2. The van der Waals surface area contributed by atoms with E-state index in [1.165, 1.54) is 37.6 Å². The molecule has 0 spiro atoms. The largest absolute Gasteiger partial charge is 0.497 e. The number of hydrogen-bond donors (Lipinski definition) is 2. The molecule has 0 saturated carbocycles. The molecule has 9 nitrogen and oxygen atoms in total. The number of benzene rings is 2. The van der Waals surface area contributed by atoms with Gasteiger partial charge in [-0.15, -0.1) is 0 Å². The Morgan fingerprint density at radius 3 is 2.62 bits per heavy atom. The van der Waals surface area contributed by atoms with Crippen LogP contribution in [0.1, 0.15) is 15.9 Å². The van der Waals surface area contributed by atoms with Crippen molar-refractivity contribution in [3.8, 4) is 5.75 Å². The predicted octanol–water partition coefficient (Wildman–Crippen LogP) is 1.48. The van der Waals surface area contributed by atoms with Crippen LogP contribution in [-0.2, 0) is 4.79 Å². The highest BCUT2D eigenvalue weighted by molar-refractivity contribution is 5.96. The van der Waals surface area contributed by atoms with Crippen molar-refractivity contribution in [1.82, 2.24) is 10.7 Å². The van der Waals surface area contributed by atoms with Crippen LogP contribution in [-0.4, -0.2) is 36.6 Å². The monoisotopic (exact) mass is 356 g/mol. The number of non-ortho nitro benzene ring substituents is 1. The average Bonchev–Trinajstić information content (AvgIpc) is 2.66. The number of ether oxygens (including phenoxy) is 1. The van der Waals surface area contributed by atoms with Gasteiger partial charge in [-0.2, -0.15) is 5.10 Å². The summed E-state index contributed by atoms with van der Waals surface area (Å²) in [5.74, 6) is -0.396. The van der Waals surface area contributed by atoms with Crippen molar-refractivity contribution < 1.29 is 19.2 Å². The Hall–Kier alpha value is -3.75. The molecule has 0 aliphatic carbocycles. The van der Waals surface area contributed by atoms with Crippen LogP contribution in [0.25, 0.3) is 0 Å². The number of hydrazone groups is 1. The quantitative estimate of drug-likeness (QED) is 0.442. The summed E-state index contributed by atoms with van der Waals surface area (Å²) in [6.07, 6.45) is 1.34. The van der Waals surface area contributed by atoms with Gasteiger partial charge >= 0.3 is 0 Å². The third-order valence-electron chi connectivity index (χ3n) is 3.25. The van der Waals surface area contributed by atoms with E-state index in [0.29, 0.717) is 16.9 Å². The van der Waals surface area contributed by atoms with Crippen LogP contribution in [0.3, 0.4) is 0 Å². The van der Waals surface area contributed by atoms with Gasteiger partial charge in [0, 0.05) is 17.7 Å². The molecule has 2 aromatic rings. The van der Waals surface area contributed by atoms with E-state index in [1.54, 1.807) is 24.3 Å². The molecule has 2 aromatic carbocycles. The molecule has 134 valence electrons. The Kier molecular flexibility index (Phi) is 6.38. The fraction of sp³-hybridized carbons (Fsp3) is 0.118. The molecule has 0 aliphatic heterocycles. The standard InChI is InChI=1S/C17H16N4O5/c1-26-15-4-2-3-13(9-15)17(23)18-11-16(22)20-19-10-12-5-7-14(8-6-12)21(24)25/h2-10H,11H2,1H3,(H,18,23)(H,20,22)/b19-10-. The number of carbonyl (C=O) groups is 2. The van der Waals surface area contributed by atoms with Crippen LogP contribution in [0.15, 0.2) is 53.6 Å². The molecule has 0 heterocycles. The zero-order valence-corrected chi connectivity index (χ0v) is 13.8. The maximum absolute atomic E-state index is 12.0. The normalized spacial score (nSPS) is 10.3. The van der Waals surface area contributed by atoms with Crippen molar-refractivity contribution in [1.29, 1.82) is 0 Å². The van der Waals surface area contributed by atoms with Gasteiger partial charge in [-0.3, -0.25) is 19.7 Å². The first-order valence-corrected chi connectivity index (χ1v) is 7.48. The van der Waals surface area contributed by atoms with Crippen LogP contribution < -0.4 is 15.5 Å². The summed E-state index contributed by atoms with van der Waals surface area (Å²) >= 11 is 0. The van der Waals surface area contributed by atoms with E-state index in [2.05, 4.69) is 15.8 Å². The second-order valence-corrected chi connectivity index (χ2v) is 5.06. The Morgan fingerprint density at radius 1 is 1.23 bits per heavy atom. The Bertz CT molecular complexity index is 833. The van der Waals surface area contributed by atoms with Crippen molar-refractivity contribution in [3.05, 3.63) is 69.8 Å². The Morgan fingerprint density at radius 2 is 1.96 bits per heavy atom. The Balaban J connectivity index is 1.81. The number of nitrogens with zero attached hydrogens (tertiary/aromatic N) is 2. The first-order valence-electron chi connectivity index (χ1n) is 7.48. The molecule has 0 aliphatic rings. The fourth-order valence-electron chi connectivity index (χ4n) is 1.93. The molecule has 2 N–H and O–H groups in total. The minimum atomic E-state index is -0.514. The lowest BCUT2D eigenvalue weighted by Gasteiger charge is -2.05. The van der Waals surface area contributed by atoms with E-state index < -0.39 is 16.7 Å². The highest BCUT2D eigenvalue weighted by Crippen LogP contribution is 2.12. The lowest BCUT2D eigenvalue weighted by molar-refractivity contribution is -0.384. The zero-order chi connectivity index (χ0) is 18.9. The molecular formula is C17H16N4O5. The van der Waals surface area contributed by atoms with E-state index in [-0.39, 0.29) is 12.2 Å². The molecule has 2 amide bonds. The van der Waals surface area contributed by atoms with Crippen LogP contribution in [0.2, 0.25) is 0 Å². The molecule has 0 aromatic heterocycles. The van der Waals surface area contributed by atoms with Crippen LogP contribution in [0.5, 0.6) is 5.75 Å². The van der Waals surface area contributed by atoms with E-state index in [0.717, 1.165) is 0 Å². The molecule has 0 atom stereocenters. The van der Waals surface area contributed by atoms with Crippen molar-refractivity contribution >= 4 is 23.7 Å². The van der Waals surface area contributed by atoms with Gasteiger partial charge in [0.2, 0.25) is 0 Å². The lowest BCUT2D eigenvalue weighted by Crippen LogP contribution is -2.34.